The number of aromatic nitrogens is 3. The van der Waals surface area contributed by atoms with Gasteiger partial charge in [0.05, 0.1) is 5.69 Å². The fourth-order valence-corrected chi connectivity index (χ4v) is 2.15. The molecular weight excluding hydrogens is 328 g/mol. The van der Waals surface area contributed by atoms with E-state index in [1.807, 2.05) is 12.1 Å². The van der Waals surface area contributed by atoms with Crippen LogP contribution in [-0.4, -0.2) is 28.6 Å². The lowest BCUT2D eigenvalue weighted by Crippen LogP contribution is -2.03. The molecule has 0 bridgehead atoms. The first-order valence-corrected chi connectivity index (χ1v) is 7.43. The van der Waals surface area contributed by atoms with Gasteiger partial charge < -0.3 is 15.4 Å². The van der Waals surface area contributed by atoms with Crippen molar-refractivity contribution in [2.24, 2.45) is 0 Å². The second-order valence-corrected chi connectivity index (χ2v) is 4.98. The normalized spacial score (nSPS) is 10.6. The Kier molecular flexibility index (Phi) is 4.98. The molecule has 3 rings (SSSR count). The lowest BCUT2D eigenvalue weighted by atomic mass is 10.2. The van der Waals surface area contributed by atoms with E-state index in [9.17, 15) is 8.78 Å². The van der Waals surface area contributed by atoms with E-state index < -0.39 is 6.61 Å². The van der Waals surface area contributed by atoms with Gasteiger partial charge in [-0.2, -0.15) is 13.8 Å². The van der Waals surface area contributed by atoms with Gasteiger partial charge in [0.15, 0.2) is 0 Å². The van der Waals surface area contributed by atoms with E-state index in [0.29, 0.717) is 23.1 Å². The summed E-state index contributed by atoms with van der Waals surface area (Å²) in [4.78, 5) is 12.8. The Bertz CT molecular complexity index is 828. The first-order valence-electron chi connectivity index (χ1n) is 7.43. The highest BCUT2D eigenvalue weighted by molar-refractivity contribution is 5.67. The summed E-state index contributed by atoms with van der Waals surface area (Å²) in [6, 6.07) is 11.7. The average molecular weight is 343 g/mol. The molecule has 2 heterocycles. The number of alkyl halides is 2. The van der Waals surface area contributed by atoms with Gasteiger partial charge in [-0.25, -0.2) is 4.98 Å². The lowest BCUT2D eigenvalue weighted by Gasteiger charge is -2.10. The van der Waals surface area contributed by atoms with Crippen LogP contribution >= 0.6 is 0 Å². The van der Waals surface area contributed by atoms with Gasteiger partial charge in [-0.3, -0.25) is 4.98 Å². The molecule has 0 saturated heterocycles. The molecule has 0 atom stereocenters. The zero-order valence-electron chi connectivity index (χ0n) is 13.3. The molecular formula is C17H15F2N5O. The van der Waals surface area contributed by atoms with Crippen molar-refractivity contribution >= 4 is 17.5 Å². The maximum Gasteiger partial charge on any atom is 0.387 e. The predicted molar refractivity (Wildman–Crippen MR) is 91.2 cm³/mol. The molecule has 8 heteroatoms. The van der Waals surface area contributed by atoms with Crippen LogP contribution in [0, 0.1) is 0 Å². The Morgan fingerprint density at radius 1 is 1.08 bits per heavy atom. The first kappa shape index (κ1) is 16.6. The SMILES string of the molecule is CNc1nc(Nc2ccc(OC(F)F)cc2)cc(-c2cccnc2)n1. The van der Waals surface area contributed by atoms with E-state index in [1.54, 1.807) is 37.6 Å². The first-order chi connectivity index (χ1) is 12.1. The summed E-state index contributed by atoms with van der Waals surface area (Å²) < 4.78 is 28.7. The molecule has 0 unspecified atom stereocenters. The molecule has 0 aliphatic rings. The van der Waals surface area contributed by atoms with Gasteiger partial charge in [0.1, 0.15) is 11.6 Å². The van der Waals surface area contributed by atoms with E-state index in [1.165, 1.54) is 12.1 Å². The molecule has 0 saturated carbocycles. The highest BCUT2D eigenvalue weighted by Gasteiger charge is 2.08. The van der Waals surface area contributed by atoms with Gasteiger partial charge in [0, 0.05) is 36.8 Å². The van der Waals surface area contributed by atoms with Crippen LogP contribution in [0.2, 0.25) is 0 Å². The van der Waals surface area contributed by atoms with Gasteiger partial charge in [0.25, 0.3) is 0 Å². The number of nitrogens with zero attached hydrogens (tertiary/aromatic N) is 3. The fourth-order valence-electron chi connectivity index (χ4n) is 2.15. The van der Waals surface area contributed by atoms with Gasteiger partial charge >= 0.3 is 6.61 Å². The molecule has 0 aliphatic heterocycles. The number of benzene rings is 1. The van der Waals surface area contributed by atoms with Gasteiger partial charge in [-0.05, 0) is 36.4 Å². The molecule has 2 N–H and O–H groups in total. The lowest BCUT2D eigenvalue weighted by molar-refractivity contribution is -0.0498. The highest BCUT2D eigenvalue weighted by Crippen LogP contribution is 2.24. The van der Waals surface area contributed by atoms with Crippen LogP contribution in [0.5, 0.6) is 5.75 Å². The third kappa shape index (κ3) is 4.37. The topological polar surface area (TPSA) is 72.0 Å². The Hall–Kier alpha value is -3.29. The van der Waals surface area contributed by atoms with Crippen LogP contribution in [-0.2, 0) is 0 Å². The molecule has 3 aromatic rings. The minimum atomic E-state index is -2.85. The molecule has 0 radical (unpaired) electrons. The zero-order valence-corrected chi connectivity index (χ0v) is 13.3. The molecule has 25 heavy (non-hydrogen) atoms. The number of nitrogens with one attached hydrogen (secondary N) is 2. The Labute approximate surface area is 142 Å². The maximum atomic E-state index is 12.2. The van der Waals surface area contributed by atoms with Crippen molar-refractivity contribution in [1.82, 2.24) is 15.0 Å². The number of ether oxygens (including phenoxy) is 1. The van der Waals surface area contributed by atoms with E-state index in [0.717, 1.165) is 5.56 Å². The summed E-state index contributed by atoms with van der Waals surface area (Å²) in [5.41, 5.74) is 2.23. The van der Waals surface area contributed by atoms with Crippen molar-refractivity contribution in [1.29, 1.82) is 0 Å². The Morgan fingerprint density at radius 3 is 2.52 bits per heavy atom. The van der Waals surface area contributed by atoms with Crippen LogP contribution in [0.1, 0.15) is 0 Å². The monoisotopic (exact) mass is 343 g/mol. The average Bonchev–Trinajstić information content (AvgIpc) is 2.63. The summed E-state index contributed by atoms with van der Waals surface area (Å²) in [5, 5.41) is 6.02. The summed E-state index contributed by atoms with van der Waals surface area (Å²) in [7, 11) is 1.72. The number of anilines is 3. The van der Waals surface area contributed by atoms with Crippen LogP contribution < -0.4 is 15.4 Å². The van der Waals surface area contributed by atoms with E-state index in [2.05, 4.69) is 30.3 Å². The minimum absolute atomic E-state index is 0.0928. The maximum absolute atomic E-state index is 12.2. The second kappa shape index (κ2) is 7.52. The minimum Gasteiger partial charge on any atom is -0.435 e. The summed E-state index contributed by atoms with van der Waals surface area (Å²) in [5.74, 6) is 1.09. The standard InChI is InChI=1S/C17H15F2N5O/c1-20-17-23-14(11-3-2-8-21-10-11)9-15(24-17)22-12-4-6-13(7-5-12)25-16(18)19/h2-10,16H,1H3,(H2,20,22,23,24). The van der Waals surface area contributed by atoms with E-state index in [-0.39, 0.29) is 5.75 Å². The summed E-state index contributed by atoms with van der Waals surface area (Å²) in [6.07, 6.45) is 3.40. The third-order valence-corrected chi connectivity index (χ3v) is 3.26. The number of pyridine rings is 1. The summed E-state index contributed by atoms with van der Waals surface area (Å²) >= 11 is 0. The largest absolute Gasteiger partial charge is 0.435 e. The molecule has 2 aromatic heterocycles. The van der Waals surface area contributed by atoms with E-state index in [4.69, 9.17) is 0 Å². The number of hydrogen-bond acceptors (Lipinski definition) is 6. The van der Waals surface area contributed by atoms with E-state index >= 15 is 0 Å². The molecule has 0 fully saturated rings. The van der Waals surface area contributed by atoms with Crippen molar-refractivity contribution in [3.8, 4) is 17.0 Å². The molecule has 6 nitrogen and oxygen atoms in total. The summed E-state index contributed by atoms with van der Waals surface area (Å²) in [6.45, 7) is -2.85. The van der Waals surface area contributed by atoms with Gasteiger partial charge in [0.2, 0.25) is 5.95 Å². The van der Waals surface area contributed by atoms with Crippen molar-refractivity contribution in [3.63, 3.8) is 0 Å². The second-order valence-electron chi connectivity index (χ2n) is 4.98. The van der Waals surface area contributed by atoms with Crippen molar-refractivity contribution < 1.29 is 13.5 Å². The smallest absolute Gasteiger partial charge is 0.387 e. The molecule has 0 spiro atoms. The Balaban J connectivity index is 1.84. The Morgan fingerprint density at radius 2 is 1.88 bits per heavy atom. The third-order valence-electron chi connectivity index (χ3n) is 3.26. The van der Waals surface area contributed by atoms with Crippen molar-refractivity contribution in [3.05, 3.63) is 54.9 Å². The van der Waals surface area contributed by atoms with Crippen LogP contribution in [0.3, 0.4) is 0 Å². The highest BCUT2D eigenvalue weighted by atomic mass is 19.3. The van der Waals surface area contributed by atoms with Gasteiger partial charge in [-0.15, -0.1) is 0 Å². The van der Waals surface area contributed by atoms with Crippen LogP contribution in [0.4, 0.5) is 26.2 Å². The number of halogens is 2. The number of hydrogen-bond donors (Lipinski definition) is 2. The van der Waals surface area contributed by atoms with Crippen LogP contribution in [0.25, 0.3) is 11.3 Å². The quantitative estimate of drug-likeness (QED) is 0.707. The molecule has 0 amide bonds. The van der Waals surface area contributed by atoms with Crippen molar-refractivity contribution in [2.45, 2.75) is 6.61 Å². The van der Waals surface area contributed by atoms with Crippen LogP contribution in [0.15, 0.2) is 54.9 Å². The van der Waals surface area contributed by atoms with Crippen molar-refractivity contribution in [2.75, 3.05) is 17.7 Å². The molecule has 1 aromatic carbocycles. The zero-order chi connectivity index (χ0) is 17.6. The molecule has 128 valence electrons. The predicted octanol–water partition coefficient (Wildman–Crippen LogP) is 3.93. The van der Waals surface area contributed by atoms with Gasteiger partial charge in [-0.1, -0.05) is 0 Å². The molecule has 0 aliphatic carbocycles. The fraction of sp³-hybridized carbons (Fsp3) is 0.118. The number of rotatable bonds is 6.